The number of carbonyl (C=O) groups is 2. The fourth-order valence-electron chi connectivity index (χ4n) is 5.57. The van der Waals surface area contributed by atoms with E-state index in [0.29, 0.717) is 17.9 Å². The largest absolute Gasteiger partial charge is 0.462 e. The molecule has 0 atom stereocenters. The smallest absolute Gasteiger partial charge is 0.338 e. The number of urea groups is 1. The highest BCUT2D eigenvalue weighted by Crippen LogP contribution is 2.55. The molecule has 4 fully saturated rings. The molecule has 0 unspecified atom stereocenters. The molecule has 0 spiro atoms. The van der Waals surface area contributed by atoms with E-state index in [2.05, 4.69) is 10.6 Å². The molecule has 1 aromatic rings. The molecule has 0 radical (unpaired) electrons. The van der Waals surface area contributed by atoms with Crippen molar-refractivity contribution in [1.82, 2.24) is 5.32 Å². The first kappa shape index (κ1) is 16.4. The molecule has 4 bridgehead atoms. The molecule has 5 heteroatoms. The molecule has 5 rings (SSSR count). The maximum absolute atomic E-state index is 12.5. The maximum atomic E-state index is 12.5. The van der Waals surface area contributed by atoms with E-state index in [4.69, 9.17) is 4.74 Å². The molecule has 0 saturated heterocycles. The summed E-state index contributed by atoms with van der Waals surface area (Å²) < 4.78 is 4.97. The second-order valence-corrected chi connectivity index (χ2v) is 8.07. The van der Waals surface area contributed by atoms with Crippen molar-refractivity contribution < 1.29 is 14.3 Å². The van der Waals surface area contributed by atoms with Crippen LogP contribution in [-0.4, -0.2) is 24.1 Å². The lowest BCUT2D eigenvalue weighted by Crippen LogP contribution is -2.60. The monoisotopic (exact) mass is 342 g/mol. The van der Waals surface area contributed by atoms with E-state index in [9.17, 15) is 9.59 Å². The number of carbonyl (C=O) groups excluding carboxylic acids is 2. The summed E-state index contributed by atoms with van der Waals surface area (Å²) in [4.78, 5) is 24.2. The lowest BCUT2D eigenvalue weighted by atomic mass is 9.53. The van der Waals surface area contributed by atoms with Crippen LogP contribution in [0.3, 0.4) is 0 Å². The number of amides is 2. The fourth-order valence-corrected chi connectivity index (χ4v) is 5.57. The van der Waals surface area contributed by atoms with Gasteiger partial charge in [-0.05, 0) is 87.5 Å². The van der Waals surface area contributed by atoms with Crippen LogP contribution in [0.25, 0.3) is 0 Å². The van der Waals surface area contributed by atoms with Crippen LogP contribution in [0, 0.1) is 17.8 Å². The zero-order chi connectivity index (χ0) is 17.4. The van der Waals surface area contributed by atoms with Gasteiger partial charge >= 0.3 is 12.0 Å². The van der Waals surface area contributed by atoms with E-state index in [1.165, 1.54) is 19.3 Å². The molecule has 2 amide bonds. The summed E-state index contributed by atoms with van der Waals surface area (Å²) in [5.74, 6) is 2.06. The first-order valence-corrected chi connectivity index (χ1v) is 9.41. The zero-order valence-corrected chi connectivity index (χ0v) is 14.7. The Kier molecular flexibility index (Phi) is 4.18. The number of ether oxygens (including phenoxy) is 1. The minimum Gasteiger partial charge on any atom is -0.462 e. The third kappa shape index (κ3) is 3.37. The zero-order valence-electron chi connectivity index (χ0n) is 14.7. The quantitative estimate of drug-likeness (QED) is 0.814. The fraction of sp³-hybridized carbons (Fsp3) is 0.600. The Labute approximate surface area is 148 Å². The predicted molar refractivity (Wildman–Crippen MR) is 95.5 cm³/mol. The van der Waals surface area contributed by atoms with Crippen molar-refractivity contribution in [3.05, 3.63) is 29.8 Å². The highest BCUT2D eigenvalue weighted by atomic mass is 16.5. The Balaban J connectivity index is 1.37. The summed E-state index contributed by atoms with van der Waals surface area (Å²) >= 11 is 0. The highest BCUT2D eigenvalue weighted by molar-refractivity contribution is 5.92. The van der Waals surface area contributed by atoms with E-state index in [1.54, 1.807) is 31.2 Å². The SMILES string of the molecule is CCOC(=O)c1ccc(NC(=O)NC23CC4CC(CC(C4)C2)C3)cc1. The van der Waals surface area contributed by atoms with Crippen LogP contribution in [0.15, 0.2) is 24.3 Å². The third-order valence-electron chi connectivity index (χ3n) is 6.07. The molecule has 5 nitrogen and oxygen atoms in total. The number of rotatable bonds is 4. The molecule has 4 aliphatic carbocycles. The number of anilines is 1. The lowest BCUT2D eigenvalue weighted by molar-refractivity contribution is -0.0127. The maximum Gasteiger partial charge on any atom is 0.338 e. The van der Waals surface area contributed by atoms with Crippen LogP contribution >= 0.6 is 0 Å². The Morgan fingerprint density at radius 2 is 1.60 bits per heavy atom. The molecule has 0 heterocycles. The summed E-state index contributed by atoms with van der Waals surface area (Å²) in [6.45, 7) is 2.13. The Morgan fingerprint density at radius 3 is 2.12 bits per heavy atom. The van der Waals surface area contributed by atoms with Gasteiger partial charge in [-0.15, -0.1) is 0 Å². The molecule has 0 aliphatic heterocycles. The number of hydrogen-bond donors (Lipinski definition) is 2. The molecular weight excluding hydrogens is 316 g/mol. The number of nitrogens with one attached hydrogen (secondary N) is 2. The van der Waals surface area contributed by atoms with Crippen molar-refractivity contribution in [2.24, 2.45) is 17.8 Å². The van der Waals surface area contributed by atoms with Crippen LogP contribution in [0.1, 0.15) is 55.8 Å². The van der Waals surface area contributed by atoms with Gasteiger partial charge in [0.05, 0.1) is 12.2 Å². The van der Waals surface area contributed by atoms with Gasteiger partial charge in [-0.2, -0.15) is 0 Å². The number of hydrogen-bond acceptors (Lipinski definition) is 3. The van der Waals surface area contributed by atoms with Gasteiger partial charge in [0.25, 0.3) is 0 Å². The number of esters is 1. The van der Waals surface area contributed by atoms with Gasteiger partial charge in [0.15, 0.2) is 0 Å². The lowest BCUT2D eigenvalue weighted by Gasteiger charge is -2.56. The van der Waals surface area contributed by atoms with Crippen LogP contribution < -0.4 is 10.6 Å². The normalized spacial score (nSPS) is 32.3. The summed E-state index contributed by atoms with van der Waals surface area (Å²) in [5, 5.41) is 6.20. The van der Waals surface area contributed by atoms with E-state index in [1.807, 2.05) is 0 Å². The van der Waals surface area contributed by atoms with Gasteiger partial charge in [-0.1, -0.05) is 0 Å². The summed E-state index contributed by atoms with van der Waals surface area (Å²) in [5.41, 5.74) is 1.19. The van der Waals surface area contributed by atoms with Gasteiger partial charge in [0, 0.05) is 11.2 Å². The van der Waals surface area contributed by atoms with Crippen molar-refractivity contribution in [1.29, 1.82) is 0 Å². The second-order valence-electron chi connectivity index (χ2n) is 8.07. The van der Waals surface area contributed by atoms with E-state index in [-0.39, 0.29) is 17.5 Å². The topological polar surface area (TPSA) is 67.4 Å². The van der Waals surface area contributed by atoms with E-state index in [0.717, 1.165) is 37.0 Å². The Hall–Kier alpha value is -2.04. The summed E-state index contributed by atoms with van der Waals surface area (Å²) in [6, 6.07) is 6.71. The van der Waals surface area contributed by atoms with Gasteiger partial charge in [0.2, 0.25) is 0 Å². The Morgan fingerprint density at radius 1 is 1.04 bits per heavy atom. The van der Waals surface area contributed by atoms with Gasteiger partial charge in [0.1, 0.15) is 0 Å². The summed E-state index contributed by atoms with van der Waals surface area (Å²) in [7, 11) is 0. The number of benzene rings is 1. The van der Waals surface area contributed by atoms with Gasteiger partial charge in [-0.3, -0.25) is 0 Å². The molecule has 0 aromatic heterocycles. The molecule has 134 valence electrons. The van der Waals surface area contributed by atoms with Crippen molar-refractivity contribution in [2.75, 3.05) is 11.9 Å². The van der Waals surface area contributed by atoms with Gasteiger partial charge < -0.3 is 15.4 Å². The van der Waals surface area contributed by atoms with Crippen molar-refractivity contribution in [3.63, 3.8) is 0 Å². The van der Waals surface area contributed by atoms with Crippen LogP contribution in [0.4, 0.5) is 10.5 Å². The third-order valence-corrected chi connectivity index (χ3v) is 6.07. The molecular formula is C20H26N2O3. The molecule has 4 aliphatic rings. The Bertz CT molecular complexity index is 633. The van der Waals surface area contributed by atoms with Crippen molar-refractivity contribution in [2.45, 2.75) is 51.0 Å². The van der Waals surface area contributed by atoms with Gasteiger partial charge in [-0.25, -0.2) is 9.59 Å². The van der Waals surface area contributed by atoms with Crippen molar-refractivity contribution >= 4 is 17.7 Å². The molecule has 4 saturated carbocycles. The predicted octanol–water partition coefficient (Wildman–Crippen LogP) is 3.95. The van der Waals surface area contributed by atoms with E-state index >= 15 is 0 Å². The van der Waals surface area contributed by atoms with Crippen LogP contribution in [-0.2, 0) is 4.74 Å². The minimum atomic E-state index is -0.341. The van der Waals surface area contributed by atoms with Crippen LogP contribution in [0.2, 0.25) is 0 Å². The molecule has 25 heavy (non-hydrogen) atoms. The standard InChI is InChI=1S/C20H26N2O3/c1-2-25-18(23)16-3-5-17(6-4-16)21-19(24)22-20-10-13-7-14(11-20)9-15(8-13)12-20/h3-6,13-15H,2,7-12H2,1H3,(H2,21,22,24). The molecule has 1 aromatic carbocycles. The van der Waals surface area contributed by atoms with Crippen LogP contribution in [0.5, 0.6) is 0 Å². The first-order valence-electron chi connectivity index (χ1n) is 9.41. The van der Waals surface area contributed by atoms with E-state index < -0.39 is 0 Å². The summed E-state index contributed by atoms with van der Waals surface area (Å²) in [6.07, 6.45) is 7.48. The van der Waals surface area contributed by atoms with Crippen molar-refractivity contribution in [3.8, 4) is 0 Å². The average Bonchev–Trinajstić information content (AvgIpc) is 2.53. The highest BCUT2D eigenvalue weighted by Gasteiger charge is 2.51. The second kappa shape index (κ2) is 6.36. The minimum absolute atomic E-state index is 0.00368. The first-order chi connectivity index (χ1) is 12.0. The average molecular weight is 342 g/mol. The molecule has 2 N–H and O–H groups in total.